The Hall–Kier alpha value is -3.21. The van der Waals surface area contributed by atoms with E-state index in [0.717, 1.165) is 12.8 Å². The van der Waals surface area contributed by atoms with Gasteiger partial charge in [-0.05, 0) is 42.4 Å². The normalized spacial score (nSPS) is 24.8. The number of para-hydroxylation sites is 1. The van der Waals surface area contributed by atoms with Gasteiger partial charge in [-0.3, -0.25) is 9.59 Å². The standard InChI is InChI=1S/C24H23N3O2/c28-23-18-8-4-5-9-19(18)26-22(27-23)20-16-10-11-17(14-16)21(20)24(29)25-13-12-15-6-2-1-3-7-15/h1-11,16-17,20-21H,12-14H2,(H,25,29)(H,26,27,28)/t16-,17-,20+,21-/m0/s1. The number of aromatic nitrogens is 2. The molecule has 2 bridgehead atoms. The summed E-state index contributed by atoms with van der Waals surface area (Å²) >= 11 is 0. The molecule has 2 N–H and O–H groups in total. The van der Waals surface area contributed by atoms with Gasteiger partial charge >= 0.3 is 0 Å². The third-order valence-corrected chi connectivity index (χ3v) is 6.26. The fourth-order valence-corrected chi connectivity index (χ4v) is 4.91. The highest BCUT2D eigenvalue weighted by Gasteiger charge is 2.49. The van der Waals surface area contributed by atoms with E-state index in [9.17, 15) is 9.59 Å². The van der Waals surface area contributed by atoms with Gasteiger partial charge in [0.05, 0.1) is 16.8 Å². The second kappa shape index (κ2) is 7.32. The van der Waals surface area contributed by atoms with E-state index in [1.165, 1.54) is 5.56 Å². The molecule has 2 aliphatic carbocycles. The Morgan fingerprint density at radius 3 is 2.66 bits per heavy atom. The van der Waals surface area contributed by atoms with Crippen molar-refractivity contribution in [2.45, 2.75) is 18.8 Å². The van der Waals surface area contributed by atoms with Crippen molar-refractivity contribution in [3.63, 3.8) is 0 Å². The molecule has 146 valence electrons. The Morgan fingerprint density at radius 2 is 1.79 bits per heavy atom. The second-order valence-electron chi connectivity index (χ2n) is 7.99. The summed E-state index contributed by atoms with van der Waals surface area (Å²) in [6.07, 6.45) is 6.08. The third kappa shape index (κ3) is 3.27. The number of hydrogen-bond donors (Lipinski definition) is 2. The predicted octanol–water partition coefficient (Wildman–Crippen LogP) is 3.19. The lowest BCUT2D eigenvalue weighted by molar-refractivity contribution is -0.126. The van der Waals surface area contributed by atoms with Gasteiger partial charge in [0.25, 0.3) is 5.56 Å². The first-order valence-corrected chi connectivity index (χ1v) is 10.2. The van der Waals surface area contributed by atoms with Gasteiger partial charge in [0.1, 0.15) is 5.82 Å². The van der Waals surface area contributed by atoms with Crippen LogP contribution in [0.3, 0.4) is 0 Å². The number of amides is 1. The molecule has 29 heavy (non-hydrogen) atoms. The van der Waals surface area contributed by atoms with Crippen molar-refractivity contribution in [3.8, 4) is 0 Å². The van der Waals surface area contributed by atoms with Gasteiger partial charge in [0, 0.05) is 12.5 Å². The summed E-state index contributed by atoms with van der Waals surface area (Å²) in [5.74, 6) is 0.865. The second-order valence-corrected chi connectivity index (χ2v) is 7.99. The lowest BCUT2D eigenvalue weighted by atomic mass is 9.81. The first kappa shape index (κ1) is 17.9. The minimum atomic E-state index is -0.190. The minimum Gasteiger partial charge on any atom is -0.355 e. The number of fused-ring (bicyclic) bond motifs is 3. The molecule has 1 fully saturated rings. The number of hydrogen-bond acceptors (Lipinski definition) is 3. The summed E-state index contributed by atoms with van der Waals surface area (Å²) in [6, 6.07) is 17.5. The molecule has 0 aliphatic heterocycles. The van der Waals surface area contributed by atoms with Crippen LogP contribution in [0.25, 0.3) is 10.9 Å². The van der Waals surface area contributed by atoms with Crippen LogP contribution in [0.5, 0.6) is 0 Å². The largest absolute Gasteiger partial charge is 0.355 e. The highest BCUT2D eigenvalue weighted by Crippen LogP contribution is 2.52. The van der Waals surface area contributed by atoms with E-state index in [1.54, 1.807) is 6.07 Å². The molecule has 2 aliphatic rings. The summed E-state index contributed by atoms with van der Waals surface area (Å²) in [6.45, 7) is 0.606. The van der Waals surface area contributed by atoms with Crippen molar-refractivity contribution >= 4 is 16.8 Å². The number of nitrogens with one attached hydrogen (secondary N) is 2. The van der Waals surface area contributed by atoms with E-state index < -0.39 is 0 Å². The fourth-order valence-electron chi connectivity index (χ4n) is 4.91. The molecular weight excluding hydrogens is 362 g/mol. The SMILES string of the molecule is O=C(NCCc1ccccc1)[C@@H]1[C@H](c2nc3ccccc3c(=O)[nH]2)[C@H]2C=C[C@H]1C2. The number of nitrogens with zero attached hydrogens (tertiary/aromatic N) is 1. The van der Waals surface area contributed by atoms with Crippen molar-refractivity contribution in [2.75, 3.05) is 6.54 Å². The minimum absolute atomic E-state index is 0.0542. The Kier molecular flexibility index (Phi) is 4.51. The van der Waals surface area contributed by atoms with Crippen molar-refractivity contribution in [1.29, 1.82) is 0 Å². The Bertz CT molecular complexity index is 1140. The number of aromatic amines is 1. The van der Waals surface area contributed by atoms with Gasteiger partial charge in [-0.1, -0.05) is 54.6 Å². The fraction of sp³-hybridized carbons (Fsp3) is 0.292. The number of carbonyl (C=O) groups excluding carboxylic acids is 1. The first-order chi connectivity index (χ1) is 14.2. The van der Waals surface area contributed by atoms with Crippen LogP contribution in [0.15, 0.2) is 71.5 Å². The topological polar surface area (TPSA) is 74.8 Å². The maximum atomic E-state index is 13.1. The summed E-state index contributed by atoms with van der Waals surface area (Å²) in [5, 5.41) is 3.70. The number of H-pyrrole nitrogens is 1. The van der Waals surface area contributed by atoms with Crippen molar-refractivity contribution < 1.29 is 4.79 Å². The third-order valence-electron chi connectivity index (χ3n) is 6.26. The number of rotatable bonds is 5. The van der Waals surface area contributed by atoms with Crippen molar-refractivity contribution in [1.82, 2.24) is 15.3 Å². The molecule has 2 aromatic carbocycles. The van der Waals surface area contributed by atoms with Crippen LogP contribution >= 0.6 is 0 Å². The molecular formula is C24H23N3O2. The molecule has 1 heterocycles. The van der Waals surface area contributed by atoms with E-state index in [2.05, 4.69) is 34.6 Å². The van der Waals surface area contributed by atoms with E-state index in [1.807, 2.05) is 36.4 Å². The summed E-state index contributed by atoms with van der Waals surface area (Å²) < 4.78 is 0. The highest BCUT2D eigenvalue weighted by atomic mass is 16.2. The molecule has 5 heteroatoms. The van der Waals surface area contributed by atoms with Crippen LogP contribution in [0, 0.1) is 17.8 Å². The van der Waals surface area contributed by atoms with Crippen LogP contribution < -0.4 is 10.9 Å². The lowest BCUT2D eigenvalue weighted by Crippen LogP contribution is -2.38. The Morgan fingerprint density at radius 1 is 1.03 bits per heavy atom. The van der Waals surface area contributed by atoms with Gasteiger partial charge in [0.2, 0.25) is 5.91 Å². The summed E-state index contributed by atoms with van der Waals surface area (Å²) in [5.41, 5.74) is 1.75. The monoisotopic (exact) mass is 385 g/mol. The summed E-state index contributed by atoms with van der Waals surface area (Å²) in [7, 11) is 0. The maximum Gasteiger partial charge on any atom is 0.258 e. The number of allylic oxidation sites excluding steroid dienone is 2. The van der Waals surface area contributed by atoms with Crippen molar-refractivity contribution in [3.05, 3.63) is 88.5 Å². The molecule has 3 aromatic rings. The zero-order valence-electron chi connectivity index (χ0n) is 16.0. The molecule has 0 unspecified atom stereocenters. The van der Waals surface area contributed by atoms with Gasteiger partial charge in [-0.25, -0.2) is 4.98 Å². The van der Waals surface area contributed by atoms with Gasteiger partial charge in [-0.15, -0.1) is 0 Å². The maximum absolute atomic E-state index is 13.1. The Balaban J connectivity index is 1.38. The van der Waals surface area contributed by atoms with Crippen LogP contribution in [0.2, 0.25) is 0 Å². The average Bonchev–Trinajstić information content (AvgIpc) is 3.36. The van der Waals surface area contributed by atoms with Crippen LogP contribution in [-0.2, 0) is 11.2 Å². The molecule has 0 radical (unpaired) electrons. The van der Waals surface area contributed by atoms with E-state index >= 15 is 0 Å². The zero-order chi connectivity index (χ0) is 19.8. The molecule has 1 aromatic heterocycles. The van der Waals surface area contributed by atoms with Gasteiger partial charge < -0.3 is 10.3 Å². The summed E-state index contributed by atoms with van der Waals surface area (Å²) in [4.78, 5) is 33.3. The van der Waals surface area contributed by atoms with E-state index in [0.29, 0.717) is 23.3 Å². The van der Waals surface area contributed by atoms with Crippen LogP contribution in [0.4, 0.5) is 0 Å². The van der Waals surface area contributed by atoms with Gasteiger partial charge in [-0.2, -0.15) is 0 Å². The van der Waals surface area contributed by atoms with Gasteiger partial charge in [0.15, 0.2) is 0 Å². The highest BCUT2D eigenvalue weighted by molar-refractivity contribution is 5.82. The molecule has 1 amide bonds. The average molecular weight is 385 g/mol. The molecule has 5 rings (SSSR count). The smallest absolute Gasteiger partial charge is 0.258 e. The molecule has 1 saturated carbocycles. The molecule has 4 atom stereocenters. The van der Waals surface area contributed by atoms with Crippen LogP contribution in [-0.4, -0.2) is 22.4 Å². The lowest BCUT2D eigenvalue weighted by Gasteiger charge is -2.26. The van der Waals surface area contributed by atoms with E-state index in [-0.39, 0.29) is 35.1 Å². The molecule has 0 saturated heterocycles. The zero-order valence-corrected chi connectivity index (χ0v) is 16.0. The van der Waals surface area contributed by atoms with Crippen LogP contribution in [0.1, 0.15) is 23.7 Å². The molecule has 0 spiro atoms. The quantitative estimate of drug-likeness (QED) is 0.663. The number of benzene rings is 2. The number of carbonyl (C=O) groups is 1. The van der Waals surface area contributed by atoms with E-state index in [4.69, 9.17) is 4.98 Å². The van der Waals surface area contributed by atoms with Crippen molar-refractivity contribution in [2.24, 2.45) is 17.8 Å². The predicted molar refractivity (Wildman–Crippen MR) is 112 cm³/mol. The molecule has 5 nitrogen and oxygen atoms in total. The Labute approximate surface area is 168 Å². The first-order valence-electron chi connectivity index (χ1n) is 10.2.